The van der Waals surface area contributed by atoms with Gasteiger partial charge < -0.3 is 10.5 Å². The third kappa shape index (κ3) is 4.17. The van der Waals surface area contributed by atoms with Crippen molar-refractivity contribution in [2.45, 2.75) is 37.6 Å². The molecule has 0 bridgehead atoms. The second-order valence-corrected chi connectivity index (χ2v) is 11.2. The summed E-state index contributed by atoms with van der Waals surface area (Å²) in [6.07, 6.45) is 6.27. The van der Waals surface area contributed by atoms with Gasteiger partial charge in [-0.1, -0.05) is 42.5 Å². The second kappa shape index (κ2) is 9.15. The van der Waals surface area contributed by atoms with Gasteiger partial charge in [0.25, 0.3) is 0 Å². The zero-order chi connectivity index (χ0) is 25.9. The molecule has 0 spiro atoms. The fourth-order valence-corrected chi connectivity index (χ4v) is 6.39. The lowest BCUT2D eigenvalue weighted by Gasteiger charge is -2.46. The van der Waals surface area contributed by atoms with E-state index in [0.717, 1.165) is 78.6 Å². The molecule has 9 nitrogen and oxygen atoms in total. The molecule has 1 saturated carbocycles. The molecule has 198 valence electrons. The predicted molar refractivity (Wildman–Crippen MR) is 150 cm³/mol. The monoisotopic (exact) mass is 520 g/mol. The minimum absolute atomic E-state index is 0.0712. The number of piperazine rings is 1. The molecule has 2 unspecified atom stereocenters. The van der Waals surface area contributed by atoms with E-state index in [2.05, 4.69) is 74.6 Å². The van der Waals surface area contributed by atoms with Crippen LogP contribution >= 0.6 is 0 Å². The zero-order valence-electron chi connectivity index (χ0n) is 21.9. The number of ether oxygens (including phenoxy) is 1. The summed E-state index contributed by atoms with van der Waals surface area (Å²) in [7, 11) is 0. The third-order valence-corrected chi connectivity index (χ3v) is 8.58. The minimum Gasteiger partial charge on any atom is -0.382 e. The summed E-state index contributed by atoms with van der Waals surface area (Å²) in [5.74, 6) is 0.465. The summed E-state index contributed by atoms with van der Waals surface area (Å²) >= 11 is 0. The van der Waals surface area contributed by atoms with Crippen LogP contribution in [0.2, 0.25) is 0 Å². The molecule has 0 radical (unpaired) electrons. The van der Waals surface area contributed by atoms with E-state index >= 15 is 0 Å². The van der Waals surface area contributed by atoms with Gasteiger partial charge >= 0.3 is 0 Å². The van der Waals surface area contributed by atoms with Gasteiger partial charge in [-0.15, -0.1) is 0 Å². The van der Waals surface area contributed by atoms with Crippen molar-refractivity contribution < 1.29 is 4.74 Å². The first-order valence-corrected chi connectivity index (χ1v) is 13.9. The lowest BCUT2D eigenvalue weighted by atomic mass is 10.0. The summed E-state index contributed by atoms with van der Waals surface area (Å²) in [5.41, 5.74) is 12.5. The predicted octanol–water partition coefficient (Wildman–Crippen LogP) is 3.60. The molecule has 2 atom stereocenters. The van der Waals surface area contributed by atoms with E-state index in [1.807, 2.05) is 15.3 Å². The van der Waals surface area contributed by atoms with Crippen molar-refractivity contribution in [3.63, 3.8) is 0 Å². The smallest absolute Gasteiger partial charge is 0.151 e. The largest absolute Gasteiger partial charge is 0.382 e. The molecule has 2 aromatic carbocycles. The van der Waals surface area contributed by atoms with Crippen LogP contribution < -0.4 is 5.73 Å². The van der Waals surface area contributed by atoms with Crippen LogP contribution in [-0.4, -0.2) is 79.0 Å². The Kier molecular flexibility index (Phi) is 5.43. The molecule has 0 amide bonds. The Bertz CT molecular complexity index is 1660. The number of nitrogen functional groups attached to an aromatic ring is 1. The molecule has 1 aliphatic carbocycles. The van der Waals surface area contributed by atoms with E-state index in [0.29, 0.717) is 11.9 Å². The maximum atomic E-state index is 6.50. The lowest BCUT2D eigenvalue weighted by molar-refractivity contribution is -0.0931. The van der Waals surface area contributed by atoms with Gasteiger partial charge in [-0.25, -0.2) is 9.50 Å². The first kappa shape index (κ1) is 23.1. The van der Waals surface area contributed by atoms with Crippen molar-refractivity contribution in [2.24, 2.45) is 0 Å². The molecule has 2 saturated heterocycles. The minimum atomic E-state index is -0.0712. The molecule has 39 heavy (non-hydrogen) atoms. The van der Waals surface area contributed by atoms with Crippen molar-refractivity contribution in [2.75, 3.05) is 38.5 Å². The molecule has 5 heterocycles. The molecule has 3 aromatic heterocycles. The van der Waals surface area contributed by atoms with Gasteiger partial charge in [-0.2, -0.15) is 10.2 Å². The number of fused-ring (bicyclic) bond motifs is 3. The second-order valence-electron chi connectivity index (χ2n) is 11.2. The number of rotatable bonds is 5. The highest BCUT2D eigenvalue weighted by Crippen LogP contribution is 2.37. The average molecular weight is 521 g/mol. The molecule has 8 rings (SSSR count). The molecular weight excluding hydrogens is 488 g/mol. The van der Waals surface area contributed by atoms with Crippen LogP contribution in [0.4, 0.5) is 5.82 Å². The van der Waals surface area contributed by atoms with Crippen LogP contribution in [0.15, 0.2) is 67.1 Å². The molecule has 3 fully saturated rings. The number of nitrogens with two attached hydrogens (primary N) is 1. The van der Waals surface area contributed by atoms with E-state index in [-0.39, 0.29) is 6.10 Å². The van der Waals surface area contributed by atoms with Gasteiger partial charge in [0.05, 0.1) is 24.4 Å². The van der Waals surface area contributed by atoms with Crippen molar-refractivity contribution in [1.29, 1.82) is 0 Å². The Hall–Kier alpha value is -3.79. The van der Waals surface area contributed by atoms with Crippen LogP contribution in [-0.2, 0) is 11.3 Å². The molecule has 2 aliphatic heterocycles. The van der Waals surface area contributed by atoms with Gasteiger partial charge in [0.2, 0.25) is 0 Å². The first-order chi connectivity index (χ1) is 19.2. The van der Waals surface area contributed by atoms with E-state index in [4.69, 9.17) is 15.6 Å². The van der Waals surface area contributed by atoms with Gasteiger partial charge in [-0.05, 0) is 36.1 Å². The van der Waals surface area contributed by atoms with Crippen LogP contribution in [0.25, 0.3) is 27.5 Å². The molecule has 3 aliphatic rings. The number of anilines is 1. The Morgan fingerprint density at radius 3 is 2.64 bits per heavy atom. The van der Waals surface area contributed by atoms with Crippen molar-refractivity contribution in [3.8, 4) is 11.1 Å². The standard InChI is InChI=1S/C30H32N8O/c31-30-29-25(21-6-7-22-15-37(34-26(22)12-21)14-20-4-2-1-3-5-20)13-27(38(29)33-19-32-30)28-17-36-11-10-35(23-8-9-23)16-24(36)18-39-28/h1-7,12-13,15,19,23-24,28H,8-11,14,16-18H2,(H2,31,32,33). The van der Waals surface area contributed by atoms with E-state index in [9.17, 15) is 0 Å². The fourth-order valence-electron chi connectivity index (χ4n) is 6.39. The van der Waals surface area contributed by atoms with Gasteiger partial charge in [-0.3, -0.25) is 14.5 Å². The molecular formula is C30H32N8O. The van der Waals surface area contributed by atoms with Crippen LogP contribution in [0.1, 0.15) is 30.2 Å². The van der Waals surface area contributed by atoms with Gasteiger partial charge in [0, 0.05) is 55.4 Å². The molecule has 9 heteroatoms. The number of hydrogen-bond acceptors (Lipinski definition) is 7. The Morgan fingerprint density at radius 1 is 0.949 bits per heavy atom. The summed E-state index contributed by atoms with van der Waals surface area (Å²) in [6, 6.07) is 20.3. The summed E-state index contributed by atoms with van der Waals surface area (Å²) < 4.78 is 10.4. The topological polar surface area (TPSA) is 89.7 Å². The summed E-state index contributed by atoms with van der Waals surface area (Å²) in [5, 5.41) is 10.6. The highest BCUT2D eigenvalue weighted by Gasteiger charge is 2.39. The Morgan fingerprint density at radius 2 is 1.79 bits per heavy atom. The van der Waals surface area contributed by atoms with E-state index in [1.54, 1.807) is 0 Å². The van der Waals surface area contributed by atoms with Crippen molar-refractivity contribution >= 4 is 22.2 Å². The van der Waals surface area contributed by atoms with E-state index in [1.165, 1.54) is 24.7 Å². The molecule has 5 aromatic rings. The maximum Gasteiger partial charge on any atom is 0.151 e. The SMILES string of the molecule is Nc1ncnn2c(C3CN4CCN(C5CC5)CC4CO3)cc(-c3ccc4cn(Cc5ccccc5)nc4c3)c12. The Balaban J connectivity index is 1.12. The van der Waals surface area contributed by atoms with Crippen molar-refractivity contribution in [3.05, 3.63) is 78.4 Å². The first-order valence-electron chi connectivity index (χ1n) is 13.9. The number of nitrogens with zero attached hydrogens (tertiary/aromatic N) is 7. The highest BCUT2D eigenvalue weighted by atomic mass is 16.5. The van der Waals surface area contributed by atoms with Crippen molar-refractivity contribution in [1.82, 2.24) is 34.2 Å². The molecule has 2 N–H and O–H groups in total. The highest BCUT2D eigenvalue weighted by molar-refractivity contribution is 5.92. The summed E-state index contributed by atoms with van der Waals surface area (Å²) in [4.78, 5) is 9.58. The van der Waals surface area contributed by atoms with Gasteiger partial charge in [0.15, 0.2) is 5.82 Å². The summed E-state index contributed by atoms with van der Waals surface area (Å²) in [6.45, 7) is 5.70. The average Bonchev–Trinajstić information content (AvgIpc) is 3.62. The lowest BCUT2D eigenvalue weighted by Crippen LogP contribution is -2.58. The number of aromatic nitrogens is 5. The zero-order valence-corrected chi connectivity index (χ0v) is 21.9. The normalized spacial score (nSPS) is 22.5. The maximum absolute atomic E-state index is 6.50. The van der Waals surface area contributed by atoms with Crippen LogP contribution in [0.5, 0.6) is 0 Å². The number of morpholine rings is 1. The van der Waals surface area contributed by atoms with Gasteiger partial charge in [0.1, 0.15) is 17.9 Å². The van der Waals surface area contributed by atoms with E-state index < -0.39 is 0 Å². The quantitative estimate of drug-likeness (QED) is 0.379. The third-order valence-electron chi connectivity index (χ3n) is 8.58. The number of benzene rings is 2. The number of hydrogen-bond donors (Lipinski definition) is 1. The Labute approximate surface area is 226 Å². The van der Waals surface area contributed by atoms with Crippen LogP contribution in [0, 0.1) is 0 Å². The fraction of sp³-hybridized carbons (Fsp3) is 0.367. The van der Waals surface area contributed by atoms with Crippen LogP contribution in [0.3, 0.4) is 0 Å².